The highest BCUT2D eigenvalue weighted by Gasteiger charge is 2.36. The van der Waals surface area contributed by atoms with Crippen LogP contribution in [0.25, 0.3) is 0 Å². The van der Waals surface area contributed by atoms with Gasteiger partial charge in [-0.1, -0.05) is 69.2 Å². The number of carbonyl (C=O) groups excluding carboxylic acids is 14. The number of nitrogens with one attached hydrogen (secondary N) is 8. The molecular formula is C80H120FN13O27S3. The number of primary amides is 1. The van der Waals surface area contributed by atoms with Crippen molar-refractivity contribution in [3.05, 3.63) is 71.5 Å². The first-order valence-electron chi connectivity index (χ1n) is 40.8. The van der Waals surface area contributed by atoms with Crippen molar-refractivity contribution in [2.24, 2.45) is 45.1 Å². The molecule has 2 fully saturated rings. The lowest BCUT2D eigenvalue weighted by atomic mass is 9.90. The Bertz CT molecular complexity index is 3660. The number of aliphatic carboxylic acids is 1. The molecule has 0 aromatic heterocycles. The van der Waals surface area contributed by atoms with Gasteiger partial charge in [-0.2, -0.15) is 0 Å². The predicted molar refractivity (Wildman–Crippen MR) is 453 cm³/mol. The lowest BCUT2D eigenvalue weighted by Gasteiger charge is -2.26. The van der Waals surface area contributed by atoms with Crippen LogP contribution in [0.2, 0.25) is 0 Å². The molecule has 2 aromatic rings. The van der Waals surface area contributed by atoms with Crippen molar-refractivity contribution in [3.63, 3.8) is 0 Å². The summed E-state index contributed by atoms with van der Waals surface area (Å²) in [6.07, 6.45) is -0.129. The van der Waals surface area contributed by atoms with Crippen LogP contribution in [-0.4, -0.2) is 324 Å². The molecule has 124 heavy (non-hydrogen) atoms. The molecule has 4 rings (SSSR count). The molecule has 0 unspecified atom stereocenters. The molecule has 692 valence electrons. The van der Waals surface area contributed by atoms with Crippen molar-refractivity contribution in [1.29, 1.82) is 0 Å². The van der Waals surface area contributed by atoms with Crippen molar-refractivity contribution in [2.75, 3.05) is 194 Å². The Morgan fingerprint density at radius 3 is 1.60 bits per heavy atom. The third-order valence-corrected chi connectivity index (χ3v) is 21.4. The van der Waals surface area contributed by atoms with Crippen LogP contribution in [0.1, 0.15) is 94.6 Å². The molecule has 2 aromatic carbocycles. The first-order chi connectivity index (χ1) is 59.8. The van der Waals surface area contributed by atoms with E-state index in [0.29, 0.717) is 57.2 Å². The van der Waals surface area contributed by atoms with Crippen molar-refractivity contribution < 1.29 is 134 Å². The first kappa shape index (κ1) is 107. The maximum absolute atomic E-state index is 14.9. The highest BCUT2D eigenvalue weighted by molar-refractivity contribution is 8.76. The molecule has 44 heteroatoms. The van der Waals surface area contributed by atoms with Gasteiger partial charge in [0.15, 0.2) is 41.5 Å². The lowest BCUT2D eigenvalue weighted by Crippen LogP contribution is -2.53. The van der Waals surface area contributed by atoms with E-state index in [2.05, 4.69) is 52.7 Å². The Kier molecular flexibility index (Phi) is 58.1. The molecule has 40 nitrogen and oxygen atoms in total. The van der Waals surface area contributed by atoms with Gasteiger partial charge in [0.25, 0.3) is 5.91 Å². The van der Waals surface area contributed by atoms with E-state index < -0.39 is 164 Å². The third kappa shape index (κ3) is 53.2. The van der Waals surface area contributed by atoms with Crippen molar-refractivity contribution >= 4 is 134 Å². The summed E-state index contributed by atoms with van der Waals surface area (Å²) in [4.78, 5) is 211. The minimum Gasteiger partial charge on any atom is -0.481 e. The maximum Gasteiger partial charge on any atom is 0.304 e. The van der Waals surface area contributed by atoms with E-state index >= 15 is 0 Å². The van der Waals surface area contributed by atoms with E-state index in [1.807, 2.05) is 0 Å². The van der Waals surface area contributed by atoms with Crippen LogP contribution >= 0.6 is 33.3 Å². The van der Waals surface area contributed by atoms with Gasteiger partial charge in [0.1, 0.15) is 38.3 Å². The van der Waals surface area contributed by atoms with Crippen LogP contribution in [0.5, 0.6) is 0 Å². The van der Waals surface area contributed by atoms with E-state index in [-0.39, 0.29) is 216 Å². The summed E-state index contributed by atoms with van der Waals surface area (Å²) in [7, 11) is 1.97. The van der Waals surface area contributed by atoms with Gasteiger partial charge in [-0.25, -0.2) is 4.39 Å². The molecule has 0 radical (unpaired) electrons. The Balaban J connectivity index is 1.35. The number of nitrogens with two attached hydrogens (primary N) is 3. The summed E-state index contributed by atoms with van der Waals surface area (Å²) >= 11 is 0.944. The van der Waals surface area contributed by atoms with E-state index in [1.54, 1.807) is 30.3 Å². The number of carbonyl (C=O) groups is 15. The SMILES string of the molecule is NC(=O)COCC(=O)CCCOCCOCCOCCCC(=O)[C@@H]1CSCC(=O)N[C@@H](CCCCNC(=O)COCC(=O)NCCOCCOCCOCCOCCOCCNC(=O)CO/N=C/c2ccc([18F])cc2)C(=O)N[C@H]2CSSC[C@H](NC(=O)[C@H](CC(=O)O)CC(=O)CNC(=O)[C@H](CCCN=C(N)N)CC2=O)C(=O)C[C@@H](Cc2ccccc2)C(=O)N1. The van der Waals surface area contributed by atoms with E-state index in [1.165, 1.54) is 30.5 Å². The van der Waals surface area contributed by atoms with Crippen molar-refractivity contribution in [3.8, 4) is 0 Å². The number of rotatable bonds is 58. The second-order valence-corrected chi connectivity index (χ2v) is 31.8. The highest BCUT2D eigenvalue weighted by Crippen LogP contribution is 2.28. The number of aliphatic imine (C=N–C) groups is 1. The number of thioether (sulfide) groups is 1. The number of unbranched alkanes of at least 4 members (excludes halogenated alkanes) is 1. The van der Waals surface area contributed by atoms with Crippen LogP contribution in [0, 0.1) is 23.6 Å². The maximum atomic E-state index is 14.9. The standard InChI is InChI=1S/C80H120FN13O27S3/c81-60-17-15-56(16-18-60)44-90-121-50-73(103)87-22-26-114-30-34-117-36-38-118-37-35-116-33-29-113-25-21-86-72(102)49-120-48-71(101)85-19-5-4-13-63-79(110)94-66-53-124-123-52-65(93-78(109)59(43-75(105)106)40-62(96)45-89-76(107)57(41-68(66)98)11-6-20-88-80(83)84)69(99)42-58(39-55-9-2-1-3-10-55)77(108)92-64(51-122-54-74(104)91-63)67(97)14-8-24-112-28-32-115-31-27-111-23-7-12-61(95)46-119-47-70(82)100/h1-3,9-10,15-18,44,57-59,63-66H,4-8,11-14,19-43,45-54H2,(H2,82,100)(H,85,101)(H,86,102)(H,87,103)(H,89,107)(H,91,104)(H,92,108)(H,93,109)(H,94,110)(H,105,106)(H4,83,84,88)/b90-44+/t57-,58-,59+,63+,64+,65+,66+/m1/s1/i81-1. The number of ether oxygens (including phenoxy) is 10. The zero-order chi connectivity index (χ0) is 90.2. The lowest BCUT2D eigenvalue weighted by molar-refractivity contribution is -0.142. The van der Waals surface area contributed by atoms with Crippen LogP contribution in [0.3, 0.4) is 0 Å². The number of oxime groups is 1. The molecule has 2 heterocycles. The van der Waals surface area contributed by atoms with Crippen LogP contribution in [0.4, 0.5) is 4.39 Å². The van der Waals surface area contributed by atoms with Gasteiger partial charge in [0.05, 0.1) is 141 Å². The number of carboxylic acids is 1. The minimum absolute atomic E-state index is 0.00837. The molecular weight excluding hydrogens is 1690 g/mol. The topological polar surface area (TPSA) is 577 Å². The highest BCUT2D eigenvalue weighted by atomic mass is 33.1. The van der Waals surface area contributed by atoms with Gasteiger partial charge in [0.2, 0.25) is 47.3 Å². The zero-order valence-electron chi connectivity index (χ0n) is 69.7. The summed E-state index contributed by atoms with van der Waals surface area (Å²) in [5, 5.41) is 35.0. The average Bonchev–Trinajstić information content (AvgIpc) is 0.978. The minimum atomic E-state index is -1.55. The summed E-state index contributed by atoms with van der Waals surface area (Å²) in [5.74, 6) is -16.0. The normalized spacial score (nSPS) is 18.7. The van der Waals surface area contributed by atoms with Crippen LogP contribution in [0.15, 0.2) is 64.7 Å². The third-order valence-electron chi connectivity index (χ3n) is 17.9. The monoisotopic (exact) mass is 1810 g/mol. The molecule has 2 aliphatic heterocycles. The number of guanidine groups is 1. The largest absolute Gasteiger partial charge is 0.481 e. The Morgan fingerprint density at radius 2 is 1.03 bits per heavy atom. The predicted octanol–water partition coefficient (Wildman–Crippen LogP) is -1.26. The number of amides is 9. The molecule has 0 saturated carbocycles. The van der Waals surface area contributed by atoms with Crippen molar-refractivity contribution in [2.45, 2.75) is 114 Å². The molecule has 2 bridgehead atoms. The molecule has 0 aliphatic carbocycles. The summed E-state index contributed by atoms with van der Waals surface area (Å²) in [6.45, 7) is 1.97. The first-order valence-corrected chi connectivity index (χ1v) is 44.5. The van der Waals surface area contributed by atoms with Gasteiger partial charge in [-0.3, -0.25) is 76.9 Å². The molecule has 9 amide bonds. The van der Waals surface area contributed by atoms with Gasteiger partial charge in [0, 0.05) is 101 Å². The Morgan fingerprint density at radius 1 is 0.508 bits per heavy atom. The Labute approximate surface area is 731 Å². The average molecular weight is 1810 g/mol. The second kappa shape index (κ2) is 67.2. The summed E-state index contributed by atoms with van der Waals surface area (Å²) in [6, 6.07) is 8.74. The van der Waals surface area contributed by atoms with Gasteiger partial charge in [-0.05, 0) is 74.6 Å². The molecule has 2 saturated heterocycles. The fraction of sp³-hybridized carbons (Fsp3) is 0.637. The Hall–Kier alpha value is -9.19. The van der Waals surface area contributed by atoms with Crippen molar-refractivity contribution in [1.82, 2.24) is 42.5 Å². The quantitative estimate of drug-likeness (QED) is 0.0121. The summed E-state index contributed by atoms with van der Waals surface area (Å²) < 4.78 is 67.5. The number of fused-ring (bicyclic) bond motifs is 5. The van der Waals surface area contributed by atoms with Gasteiger partial charge < -0.3 is 117 Å². The van der Waals surface area contributed by atoms with Crippen LogP contribution < -0.4 is 59.7 Å². The number of ketones is 5. The number of hydrogen-bond acceptors (Lipinski definition) is 31. The molecule has 0 spiro atoms. The number of nitrogens with zero attached hydrogens (tertiary/aromatic N) is 2. The molecule has 2 aliphatic rings. The number of halogens is 1. The van der Waals surface area contributed by atoms with E-state index in [9.17, 15) is 81.4 Å². The number of carboxylic acid groups (broad SMARTS) is 1. The zero-order valence-corrected chi connectivity index (χ0v) is 72.2. The van der Waals surface area contributed by atoms with E-state index in [4.69, 9.17) is 69.4 Å². The molecule has 15 N–H and O–H groups in total. The summed E-state index contributed by atoms with van der Waals surface area (Å²) in [5.41, 5.74) is 17.4. The number of benzene rings is 2. The number of Topliss-reactive ketones (excluding diaryl/α,β-unsaturated/α-hetero) is 5. The smallest absolute Gasteiger partial charge is 0.304 e. The number of hydrogen-bond donors (Lipinski definition) is 12. The fourth-order valence-corrected chi connectivity index (χ4v) is 14.8. The fourth-order valence-electron chi connectivity index (χ4n) is 11.6. The van der Waals surface area contributed by atoms with E-state index in [0.717, 1.165) is 33.3 Å². The van der Waals surface area contributed by atoms with Crippen LogP contribution in [-0.2, 0) is 131 Å². The molecule has 7 atom stereocenters. The second-order valence-electron chi connectivity index (χ2n) is 28.2. The van der Waals surface area contributed by atoms with Gasteiger partial charge >= 0.3 is 5.97 Å². The van der Waals surface area contributed by atoms with Gasteiger partial charge in [-0.15, -0.1) is 11.8 Å².